The molecule has 0 radical (unpaired) electrons. The van der Waals surface area contributed by atoms with E-state index in [1.54, 1.807) is 0 Å². The number of amides is 1. The zero-order valence-corrected chi connectivity index (χ0v) is 19.4. The van der Waals surface area contributed by atoms with E-state index in [2.05, 4.69) is 0 Å². The minimum atomic E-state index is -6.39. The molecule has 37 heavy (non-hydrogen) atoms. The van der Waals surface area contributed by atoms with Crippen LogP contribution in [0.15, 0.2) is 47.4 Å². The quantitative estimate of drug-likeness (QED) is 0.447. The Kier molecular flexibility index (Phi) is 6.26. The zero-order valence-electron chi connectivity index (χ0n) is 18.5. The third-order valence-corrected chi connectivity index (χ3v) is 9.27. The van der Waals surface area contributed by atoms with Crippen LogP contribution in [0.3, 0.4) is 0 Å². The molecule has 2 aliphatic heterocycles. The van der Waals surface area contributed by atoms with Crippen LogP contribution in [-0.4, -0.2) is 57.3 Å². The fourth-order valence-corrected chi connectivity index (χ4v) is 7.32. The number of hydrogen-bond acceptors (Lipinski definition) is 5. The minimum absolute atomic E-state index is 0.0588. The normalized spacial score (nSPS) is 22.8. The molecule has 2 aliphatic rings. The number of primary amides is 1. The smallest absolute Gasteiger partial charge is 0.435 e. The largest absolute Gasteiger partial charge is 0.492 e. The second-order valence-corrected chi connectivity index (χ2v) is 10.9. The van der Waals surface area contributed by atoms with Crippen molar-refractivity contribution in [2.24, 2.45) is 5.73 Å². The van der Waals surface area contributed by atoms with Gasteiger partial charge in [0.2, 0.25) is 5.91 Å². The van der Waals surface area contributed by atoms with E-state index in [4.69, 9.17) is 10.5 Å². The number of ether oxygens (including phenoxy) is 1. The average molecular weight is 558 g/mol. The first-order valence-corrected chi connectivity index (χ1v) is 12.1. The molecule has 0 saturated carbocycles. The Hall–Kier alpha value is -2.94. The molecule has 0 aromatic heterocycles. The van der Waals surface area contributed by atoms with E-state index in [-0.39, 0.29) is 35.6 Å². The molecule has 4 rings (SSSR count). The van der Waals surface area contributed by atoms with Crippen LogP contribution in [0.25, 0.3) is 0 Å². The lowest BCUT2D eigenvalue weighted by molar-refractivity contribution is -0.348. The molecule has 15 heteroatoms. The first-order chi connectivity index (χ1) is 17.0. The summed E-state index contributed by atoms with van der Waals surface area (Å²) in [5, 5.41) is 0. The van der Waals surface area contributed by atoms with Crippen molar-refractivity contribution in [3.8, 4) is 5.75 Å². The summed E-state index contributed by atoms with van der Waals surface area (Å²) < 4.78 is 139. The van der Waals surface area contributed by atoms with Gasteiger partial charge in [-0.2, -0.15) is 26.3 Å². The third kappa shape index (κ3) is 3.93. The van der Waals surface area contributed by atoms with Gasteiger partial charge in [-0.1, -0.05) is 12.1 Å². The highest BCUT2D eigenvalue weighted by Crippen LogP contribution is 2.57. The van der Waals surface area contributed by atoms with Crippen LogP contribution >= 0.6 is 0 Å². The number of carbonyl (C=O) groups excluding carboxylic acids is 1. The van der Waals surface area contributed by atoms with Gasteiger partial charge in [0.05, 0.1) is 17.5 Å². The summed E-state index contributed by atoms with van der Waals surface area (Å²) >= 11 is 0. The molecule has 6 nitrogen and oxygen atoms in total. The summed E-state index contributed by atoms with van der Waals surface area (Å²) in [6.45, 7) is -1.06. The van der Waals surface area contributed by atoms with Gasteiger partial charge in [-0.05, 0) is 36.8 Å². The van der Waals surface area contributed by atoms with Gasteiger partial charge in [0.1, 0.15) is 22.9 Å². The number of carbonyl (C=O) groups is 1. The maximum Gasteiger partial charge on any atom is 0.435 e. The summed E-state index contributed by atoms with van der Waals surface area (Å²) in [7, 11) is -4.54. The Labute approximate surface area is 204 Å². The van der Waals surface area contributed by atoms with Crippen LogP contribution in [0.5, 0.6) is 5.75 Å². The van der Waals surface area contributed by atoms with Gasteiger partial charge < -0.3 is 10.5 Å². The number of sulfone groups is 1. The lowest BCUT2D eigenvalue weighted by atomic mass is 9.85. The maximum absolute atomic E-state index is 14.7. The Morgan fingerprint density at radius 3 is 2.16 bits per heavy atom. The number of nitrogens with two attached hydrogens (primary N) is 1. The first kappa shape index (κ1) is 27.1. The van der Waals surface area contributed by atoms with Crippen LogP contribution in [0, 0.1) is 5.82 Å². The van der Waals surface area contributed by atoms with Crippen molar-refractivity contribution >= 4 is 15.7 Å². The number of fused-ring (bicyclic) bond motifs is 3. The summed E-state index contributed by atoms with van der Waals surface area (Å²) in [6, 6.07) is 3.54. The SMILES string of the molecule is NC(=O)CN1CCC2(S(=O)(=O)c3ccc(F)cc3)c3ccc(C(F)(C(F)(F)F)C(F)(F)F)cc3OCC12. The molecule has 2 atom stereocenters. The molecular formula is C22H18F8N2O4S. The molecule has 2 aromatic rings. The molecule has 0 bridgehead atoms. The molecule has 1 saturated heterocycles. The standard InChI is InChI=1S/C22H18F8N2O4S/c23-13-2-4-14(5-3-13)37(34,35)19-7-8-32(10-18(31)33)17(19)11-36-16-9-12(1-6-15(16)19)20(24,21(25,26)27)22(28,29)30/h1-6,9,17H,7-8,10-11H2,(H2,31,33). The van der Waals surface area contributed by atoms with E-state index in [1.165, 1.54) is 4.90 Å². The van der Waals surface area contributed by atoms with Gasteiger partial charge in [0.15, 0.2) is 9.84 Å². The van der Waals surface area contributed by atoms with E-state index in [0.29, 0.717) is 6.07 Å². The number of rotatable bonds is 5. The summed E-state index contributed by atoms with van der Waals surface area (Å²) in [5.74, 6) is -2.28. The highest BCUT2D eigenvalue weighted by atomic mass is 32.2. The summed E-state index contributed by atoms with van der Waals surface area (Å²) in [4.78, 5) is 12.6. The number of nitrogens with zero attached hydrogens (tertiary/aromatic N) is 1. The molecule has 2 unspecified atom stereocenters. The molecular weight excluding hydrogens is 540 g/mol. The summed E-state index contributed by atoms with van der Waals surface area (Å²) in [5.41, 5.74) is -2.67. The molecule has 2 heterocycles. The molecule has 202 valence electrons. The first-order valence-electron chi connectivity index (χ1n) is 10.6. The van der Waals surface area contributed by atoms with E-state index in [1.807, 2.05) is 0 Å². The van der Waals surface area contributed by atoms with Crippen molar-refractivity contribution in [2.75, 3.05) is 19.7 Å². The number of halogens is 8. The van der Waals surface area contributed by atoms with Crippen LogP contribution in [-0.2, 0) is 25.0 Å². The molecule has 2 aromatic carbocycles. The van der Waals surface area contributed by atoms with Crippen molar-refractivity contribution in [1.29, 1.82) is 0 Å². The Morgan fingerprint density at radius 1 is 1.03 bits per heavy atom. The number of hydrogen-bond donors (Lipinski definition) is 1. The van der Waals surface area contributed by atoms with Gasteiger partial charge in [-0.25, -0.2) is 17.2 Å². The number of alkyl halides is 7. The molecule has 0 spiro atoms. The molecule has 2 N–H and O–H groups in total. The van der Waals surface area contributed by atoms with Crippen molar-refractivity contribution in [2.45, 2.75) is 40.1 Å². The van der Waals surface area contributed by atoms with Gasteiger partial charge in [0.25, 0.3) is 0 Å². The maximum atomic E-state index is 14.7. The number of likely N-dealkylation sites (tertiary alicyclic amines) is 1. The van der Waals surface area contributed by atoms with Crippen LogP contribution in [0.4, 0.5) is 35.1 Å². The Morgan fingerprint density at radius 2 is 1.62 bits per heavy atom. The lowest BCUT2D eigenvalue weighted by Crippen LogP contribution is -2.55. The fourth-order valence-electron chi connectivity index (χ4n) is 5.02. The molecule has 0 aliphatic carbocycles. The lowest BCUT2D eigenvalue weighted by Gasteiger charge is -2.42. The van der Waals surface area contributed by atoms with Crippen LogP contribution in [0.1, 0.15) is 17.5 Å². The second-order valence-electron chi connectivity index (χ2n) is 8.73. The zero-order chi connectivity index (χ0) is 27.6. The van der Waals surface area contributed by atoms with Crippen molar-refractivity contribution < 1.29 is 53.1 Å². The van der Waals surface area contributed by atoms with E-state index in [0.717, 1.165) is 24.3 Å². The minimum Gasteiger partial charge on any atom is -0.492 e. The van der Waals surface area contributed by atoms with E-state index >= 15 is 0 Å². The van der Waals surface area contributed by atoms with Crippen molar-refractivity contribution in [3.05, 3.63) is 59.4 Å². The van der Waals surface area contributed by atoms with Gasteiger partial charge in [0, 0.05) is 17.7 Å². The highest BCUT2D eigenvalue weighted by Gasteiger charge is 2.74. The average Bonchev–Trinajstić information content (AvgIpc) is 3.16. The van der Waals surface area contributed by atoms with E-state index < -0.39 is 74.8 Å². The van der Waals surface area contributed by atoms with Crippen molar-refractivity contribution in [1.82, 2.24) is 4.90 Å². The predicted molar refractivity (Wildman–Crippen MR) is 111 cm³/mol. The topological polar surface area (TPSA) is 89.7 Å². The molecule has 1 amide bonds. The third-order valence-electron chi connectivity index (χ3n) is 6.73. The van der Waals surface area contributed by atoms with Gasteiger partial charge >= 0.3 is 18.0 Å². The monoisotopic (exact) mass is 558 g/mol. The van der Waals surface area contributed by atoms with Gasteiger partial charge in [-0.3, -0.25) is 9.69 Å². The Bertz CT molecular complexity index is 1310. The van der Waals surface area contributed by atoms with E-state index in [9.17, 15) is 48.3 Å². The van der Waals surface area contributed by atoms with Crippen LogP contribution in [0.2, 0.25) is 0 Å². The van der Waals surface area contributed by atoms with Gasteiger partial charge in [-0.15, -0.1) is 0 Å². The van der Waals surface area contributed by atoms with Crippen molar-refractivity contribution in [3.63, 3.8) is 0 Å². The van der Waals surface area contributed by atoms with Crippen LogP contribution < -0.4 is 10.5 Å². The highest BCUT2D eigenvalue weighted by molar-refractivity contribution is 7.92. The summed E-state index contributed by atoms with van der Waals surface area (Å²) in [6.07, 6.45) is -13.0. The fraction of sp³-hybridized carbons (Fsp3) is 0.409. The molecule has 1 fully saturated rings. The second kappa shape index (κ2) is 8.55. The predicted octanol–water partition coefficient (Wildman–Crippen LogP) is 3.74. The number of benzene rings is 2. The Balaban J connectivity index is 1.95.